The van der Waals surface area contributed by atoms with Crippen molar-refractivity contribution in [2.75, 3.05) is 13.2 Å². The van der Waals surface area contributed by atoms with E-state index in [1.807, 2.05) is 0 Å². The van der Waals surface area contributed by atoms with Crippen LogP contribution in [0.2, 0.25) is 0 Å². The van der Waals surface area contributed by atoms with Crippen LogP contribution in [-0.2, 0) is 20.5 Å². The molecule has 1 aromatic heterocycles. The Labute approximate surface area is 168 Å². The topological polar surface area (TPSA) is 98.1 Å². The Kier molecular flexibility index (Phi) is 5.66. The number of hydrazine groups is 1. The van der Waals surface area contributed by atoms with Crippen LogP contribution in [0.3, 0.4) is 0 Å². The van der Waals surface area contributed by atoms with E-state index in [1.165, 1.54) is 18.6 Å². The number of nitrogens with one attached hydrogen (secondary N) is 2. The number of benzene rings is 1. The van der Waals surface area contributed by atoms with Crippen LogP contribution in [0.4, 0.5) is 13.2 Å². The Balaban J connectivity index is 1.63. The fourth-order valence-corrected chi connectivity index (χ4v) is 2.66. The molecule has 0 radical (unpaired) electrons. The second-order valence-corrected chi connectivity index (χ2v) is 7.14. The number of ether oxygens (including phenoxy) is 1. The summed E-state index contributed by atoms with van der Waals surface area (Å²) in [6.07, 6.45) is -0.986. The van der Waals surface area contributed by atoms with Gasteiger partial charge in [0.2, 0.25) is 5.91 Å². The molecule has 1 fully saturated rings. The van der Waals surface area contributed by atoms with Crippen LogP contribution < -0.4 is 10.9 Å². The molecule has 1 aromatic carbocycles. The zero-order valence-corrected chi connectivity index (χ0v) is 15.9. The van der Waals surface area contributed by atoms with Gasteiger partial charge in [-0.25, -0.2) is 9.67 Å². The Morgan fingerprint density at radius 2 is 2.00 bits per heavy atom. The SMILES string of the molecule is CC1(C(=O)NNC(=O)/C=C\n2cnc(-c3cc(S)cc(C(F)(F)F)c3)n2)COC1. The molecule has 1 aliphatic heterocycles. The van der Waals surface area contributed by atoms with E-state index < -0.39 is 23.1 Å². The van der Waals surface area contributed by atoms with Gasteiger partial charge in [-0.1, -0.05) is 0 Å². The third-order valence-electron chi connectivity index (χ3n) is 4.08. The van der Waals surface area contributed by atoms with Crippen molar-refractivity contribution in [3.63, 3.8) is 0 Å². The summed E-state index contributed by atoms with van der Waals surface area (Å²) in [5, 5.41) is 4.01. The Hall–Kier alpha value is -2.86. The van der Waals surface area contributed by atoms with Crippen molar-refractivity contribution in [3.8, 4) is 11.4 Å². The normalized spacial score (nSPS) is 15.8. The average molecular weight is 427 g/mol. The summed E-state index contributed by atoms with van der Waals surface area (Å²) >= 11 is 3.98. The number of hydrogen-bond donors (Lipinski definition) is 3. The van der Waals surface area contributed by atoms with E-state index in [-0.39, 0.29) is 35.4 Å². The molecular weight excluding hydrogens is 411 g/mol. The monoisotopic (exact) mass is 427 g/mol. The van der Waals surface area contributed by atoms with Crippen LogP contribution in [0.5, 0.6) is 0 Å². The van der Waals surface area contributed by atoms with Gasteiger partial charge in [-0.05, 0) is 25.1 Å². The molecule has 29 heavy (non-hydrogen) atoms. The molecule has 2 aromatic rings. The predicted octanol–water partition coefficient (Wildman–Crippen LogP) is 1.91. The number of amides is 2. The van der Waals surface area contributed by atoms with Crippen molar-refractivity contribution in [2.24, 2.45) is 5.41 Å². The number of nitrogens with zero attached hydrogens (tertiary/aromatic N) is 3. The Bertz CT molecular complexity index is 969. The number of rotatable bonds is 4. The van der Waals surface area contributed by atoms with Crippen molar-refractivity contribution in [1.82, 2.24) is 25.6 Å². The molecule has 0 atom stereocenters. The summed E-state index contributed by atoms with van der Waals surface area (Å²) in [6, 6.07) is 3.21. The molecule has 1 aliphatic rings. The maximum Gasteiger partial charge on any atom is 0.416 e. The standard InChI is InChI=1S/C17H16F3N5O3S/c1-16(7-28-8-16)15(27)23-22-13(26)2-3-25-9-21-14(24-25)10-4-11(17(18,19)20)6-12(29)5-10/h2-6,9,29H,7-8H2,1H3,(H,22,26)(H,23,27)/b3-2-. The minimum absolute atomic E-state index is 0.0302. The van der Waals surface area contributed by atoms with E-state index in [4.69, 9.17) is 4.74 Å². The molecule has 12 heteroatoms. The number of alkyl halides is 3. The zero-order valence-electron chi connectivity index (χ0n) is 15.0. The van der Waals surface area contributed by atoms with E-state index in [2.05, 4.69) is 33.6 Å². The van der Waals surface area contributed by atoms with Gasteiger partial charge in [0.05, 0.1) is 24.2 Å². The lowest BCUT2D eigenvalue weighted by Gasteiger charge is -2.35. The van der Waals surface area contributed by atoms with Gasteiger partial charge in [-0.2, -0.15) is 13.2 Å². The van der Waals surface area contributed by atoms with Gasteiger partial charge in [-0.15, -0.1) is 17.7 Å². The second-order valence-electron chi connectivity index (χ2n) is 6.63. The van der Waals surface area contributed by atoms with Gasteiger partial charge in [0.25, 0.3) is 5.91 Å². The number of carbonyl (C=O) groups is 2. The predicted molar refractivity (Wildman–Crippen MR) is 98.3 cm³/mol. The highest BCUT2D eigenvalue weighted by Gasteiger charge is 2.41. The first-order valence-corrected chi connectivity index (χ1v) is 8.71. The third-order valence-corrected chi connectivity index (χ3v) is 4.34. The number of thiol groups is 1. The van der Waals surface area contributed by atoms with Gasteiger partial charge in [-0.3, -0.25) is 20.4 Å². The molecule has 154 valence electrons. The summed E-state index contributed by atoms with van der Waals surface area (Å²) in [5.74, 6) is -0.973. The van der Waals surface area contributed by atoms with Crippen molar-refractivity contribution >= 4 is 30.6 Å². The summed E-state index contributed by atoms with van der Waals surface area (Å²) in [5.41, 5.74) is 3.10. The van der Waals surface area contributed by atoms with Crippen molar-refractivity contribution in [2.45, 2.75) is 18.0 Å². The molecule has 0 aliphatic carbocycles. The Morgan fingerprint density at radius 3 is 2.62 bits per heavy atom. The van der Waals surface area contributed by atoms with E-state index in [0.29, 0.717) is 0 Å². The average Bonchev–Trinajstić information content (AvgIpc) is 3.10. The van der Waals surface area contributed by atoms with Crippen LogP contribution >= 0.6 is 12.6 Å². The maximum absolute atomic E-state index is 12.9. The molecule has 0 saturated carbocycles. The zero-order chi connectivity index (χ0) is 21.2. The van der Waals surface area contributed by atoms with E-state index in [9.17, 15) is 22.8 Å². The second kappa shape index (κ2) is 7.87. The third kappa shape index (κ3) is 4.95. The smallest absolute Gasteiger partial charge is 0.379 e. The van der Waals surface area contributed by atoms with Gasteiger partial charge in [0.1, 0.15) is 6.33 Å². The lowest BCUT2D eigenvalue weighted by molar-refractivity contribution is -0.159. The van der Waals surface area contributed by atoms with E-state index >= 15 is 0 Å². The molecule has 3 rings (SSSR count). The minimum atomic E-state index is -4.53. The molecule has 2 amide bonds. The number of halogens is 3. The highest BCUT2D eigenvalue weighted by molar-refractivity contribution is 7.80. The first-order valence-electron chi connectivity index (χ1n) is 8.26. The quantitative estimate of drug-likeness (QED) is 0.393. The molecule has 1 saturated heterocycles. The van der Waals surface area contributed by atoms with Gasteiger partial charge < -0.3 is 4.74 Å². The molecule has 8 nitrogen and oxygen atoms in total. The maximum atomic E-state index is 12.9. The molecule has 2 heterocycles. The van der Waals surface area contributed by atoms with E-state index in [0.717, 1.165) is 22.9 Å². The first kappa shape index (κ1) is 20.9. The molecule has 0 unspecified atom stereocenters. The largest absolute Gasteiger partial charge is 0.416 e. The molecule has 0 spiro atoms. The highest BCUT2D eigenvalue weighted by Crippen LogP contribution is 2.33. The number of carbonyl (C=O) groups excluding carboxylic acids is 2. The van der Waals surface area contributed by atoms with E-state index in [1.54, 1.807) is 6.92 Å². The van der Waals surface area contributed by atoms with Crippen LogP contribution in [0.1, 0.15) is 12.5 Å². The number of hydrogen-bond acceptors (Lipinski definition) is 6. The molecule has 2 N–H and O–H groups in total. The fraction of sp³-hybridized carbons (Fsp3) is 0.294. The first-order chi connectivity index (χ1) is 13.6. The summed E-state index contributed by atoms with van der Waals surface area (Å²) < 4.78 is 44.9. The van der Waals surface area contributed by atoms with Crippen LogP contribution in [0.15, 0.2) is 35.5 Å². The highest BCUT2D eigenvalue weighted by atomic mass is 32.1. The van der Waals surface area contributed by atoms with Gasteiger partial charge in [0, 0.05) is 22.7 Å². The van der Waals surface area contributed by atoms with Crippen LogP contribution in [0, 0.1) is 5.41 Å². The lowest BCUT2D eigenvalue weighted by atomic mass is 9.88. The number of aromatic nitrogens is 3. The summed E-state index contributed by atoms with van der Waals surface area (Å²) in [4.78, 5) is 27.7. The van der Waals surface area contributed by atoms with Crippen molar-refractivity contribution in [1.29, 1.82) is 0 Å². The molecule has 0 bridgehead atoms. The van der Waals surface area contributed by atoms with Crippen LogP contribution in [-0.4, -0.2) is 39.8 Å². The summed E-state index contributed by atoms with van der Waals surface area (Å²) in [7, 11) is 0. The van der Waals surface area contributed by atoms with Crippen molar-refractivity contribution < 1.29 is 27.5 Å². The lowest BCUT2D eigenvalue weighted by Crippen LogP contribution is -2.56. The van der Waals surface area contributed by atoms with Crippen molar-refractivity contribution in [3.05, 3.63) is 36.2 Å². The fourth-order valence-electron chi connectivity index (χ4n) is 2.38. The summed E-state index contributed by atoms with van der Waals surface area (Å²) in [6.45, 7) is 2.25. The minimum Gasteiger partial charge on any atom is -0.379 e. The van der Waals surface area contributed by atoms with Gasteiger partial charge in [0.15, 0.2) is 5.82 Å². The van der Waals surface area contributed by atoms with Crippen LogP contribution in [0.25, 0.3) is 17.6 Å². The molecular formula is C17H16F3N5O3S. The Morgan fingerprint density at radius 1 is 1.28 bits per heavy atom. The van der Waals surface area contributed by atoms with Gasteiger partial charge >= 0.3 is 6.18 Å².